The zero-order chi connectivity index (χ0) is 14.7. The summed E-state index contributed by atoms with van der Waals surface area (Å²) in [5.74, 6) is 0.373. The number of rotatable bonds is 5. The van der Waals surface area contributed by atoms with Gasteiger partial charge in [0.1, 0.15) is 17.4 Å². The molecule has 1 heterocycles. The van der Waals surface area contributed by atoms with Crippen molar-refractivity contribution < 1.29 is 9.53 Å². The maximum Gasteiger partial charge on any atom is 0.325 e. The first-order chi connectivity index (χ1) is 9.52. The molecule has 0 fully saturated rings. The van der Waals surface area contributed by atoms with Crippen molar-refractivity contribution in [2.45, 2.75) is 26.2 Å². The Morgan fingerprint density at radius 2 is 2.30 bits per heavy atom. The van der Waals surface area contributed by atoms with E-state index in [0.29, 0.717) is 17.4 Å². The van der Waals surface area contributed by atoms with E-state index in [1.807, 2.05) is 6.07 Å². The summed E-state index contributed by atoms with van der Waals surface area (Å²) in [7, 11) is 1.79. The first-order valence-corrected chi connectivity index (χ1v) is 7.13. The van der Waals surface area contributed by atoms with Crippen LogP contribution in [0.3, 0.4) is 0 Å². The summed E-state index contributed by atoms with van der Waals surface area (Å²) in [6.45, 7) is 2.29. The second kappa shape index (κ2) is 6.17. The van der Waals surface area contributed by atoms with Gasteiger partial charge >= 0.3 is 5.97 Å². The van der Waals surface area contributed by atoms with Gasteiger partial charge in [-0.3, -0.25) is 4.79 Å². The van der Waals surface area contributed by atoms with Crippen LogP contribution in [-0.2, 0) is 22.4 Å². The number of thiocarbonyl (C=S) groups is 1. The molecule has 2 N–H and O–H groups in total. The highest BCUT2D eigenvalue weighted by atomic mass is 32.1. The predicted octanol–water partition coefficient (Wildman–Crippen LogP) is 1.20. The monoisotopic (exact) mass is 293 g/mol. The maximum absolute atomic E-state index is 11.6. The van der Waals surface area contributed by atoms with E-state index in [1.165, 1.54) is 5.56 Å². The Morgan fingerprint density at radius 1 is 1.55 bits per heavy atom. The highest BCUT2D eigenvalue weighted by Gasteiger charge is 2.21. The predicted molar refractivity (Wildman–Crippen MR) is 82.1 cm³/mol. The molecule has 0 bridgehead atoms. The van der Waals surface area contributed by atoms with Gasteiger partial charge in [-0.15, -0.1) is 0 Å². The second-order valence-electron chi connectivity index (χ2n) is 4.84. The number of pyridine rings is 1. The minimum Gasteiger partial charge on any atom is -0.465 e. The molecule has 5 nitrogen and oxygen atoms in total. The highest BCUT2D eigenvalue weighted by molar-refractivity contribution is 7.80. The van der Waals surface area contributed by atoms with Gasteiger partial charge in [0, 0.05) is 12.7 Å². The van der Waals surface area contributed by atoms with Gasteiger partial charge < -0.3 is 15.4 Å². The number of likely N-dealkylation sites (N-methyl/N-ethyl adjacent to an activating group) is 1. The van der Waals surface area contributed by atoms with Gasteiger partial charge in [0.25, 0.3) is 0 Å². The lowest BCUT2D eigenvalue weighted by molar-refractivity contribution is -0.141. The maximum atomic E-state index is 11.6. The minimum absolute atomic E-state index is 0.134. The van der Waals surface area contributed by atoms with Crippen LogP contribution in [0.4, 0.5) is 5.82 Å². The molecule has 0 unspecified atom stereocenters. The molecule has 0 amide bonds. The molecule has 0 radical (unpaired) electrons. The van der Waals surface area contributed by atoms with E-state index < -0.39 is 0 Å². The SMILES string of the molecule is CCOC(=O)CN(C)c1nc2c(cc1C(N)=S)CCC2. The number of hydrogen-bond acceptors (Lipinski definition) is 5. The Labute approximate surface area is 124 Å². The summed E-state index contributed by atoms with van der Waals surface area (Å²) >= 11 is 5.10. The third-order valence-corrected chi connectivity index (χ3v) is 3.55. The van der Waals surface area contributed by atoms with Crippen LogP contribution in [0.15, 0.2) is 6.07 Å². The molecule has 0 saturated carbocycles. The zero-order valence-electron chi connectivity index (χ0n) is 11.8. The Bertz CT molecular complexity index is 545. The average Bonchev–Trinajstić information content (AvgIpc) is 2.84. The molecule has 0 atom stereocenters. The van der Waals surface area contributed by atoms with Gasteiger partial charge in [-0.25, -0.2) is 4.98 Å². The number of nitrogens with zero attached hydrogens (tertiary/aromatic N) is 2. The van der Waals surface area contributed by atoms with E-state index in [2.05, 4.69) is 4.98 Å². The first-order valence-electron chi connectivity index (χ1n) is 6.72. The third kappa shape index (κ3) is 3.07. The number of carbonyl (C=O) groups is 1. The lowest BCUT2D eigenvalue weighted by atomic mass is 10.1. The fourth-order valence-corrected chi connectivity index (χ4v) is 2.56. The number of aryl methyl sites for hydroxylation is 2. The van der Waals surface area contributed by atoms with Crippen molar-refractivity contribution in [3.05, 3.63) is 22.9 Å². The van der Waals surface area contributed by atoms with Crippen LogP contribution in [0.2, 0.25) is 0 Å². The number of hydrogen-bond donors (Lipinski definition) is 1. The van der Waals surface area contributed by atoms with Gasteiger partial charge in [0.2, 0.25) is 0 Å². The number of esters is 1. The fraction of sp³-hybridized carbons (Fsp3) is 0.500. The molecule has 0 spiro atoms. The van der Waals surface area contributed by atoms with Crippen LogP contribution in [0.1, 0.15) is 30.2 Å². The fourth-order valence-electron chi connectivity index (χ4n) is 2.41. The molecule has 108 valence electrons. The normalized spacial score (nSPS) is 12.9. The van der Waals surface area contributed by atoms with Crippen molar-refractivity contribution in [2.75, 3.05) is 25.1 Å². The van der Waals surface area contributed by atoms with Gasteiger partial charge in [-0.05, 0) is 37.8 Å². The number of anilines is 1. The van der Waals surface area contributed by atoms with Crippen molar-refractivity contribution in [3.63, 3.8) is 0 Å². The van der Waals surface area contributed by atoms with E-state index in [4.69, 9.17) is 22.7 Å². The van der Waals surface area contributed by atoms with E-state index in [9.17, 15) is 4.79 Å². The Kier molecular flexibility index (Phi) is 4.54. The summed E-state index contributed by atoms with van der Waals surface area (Å²) in [5, 5.41) is 0. The molecule has 20 heavy (non-hydrogen) atoms. The smallest absolute Gasteiger partial charge is 0.325 e. The molecule has 2 rings (SSSR count). The summed E-state index contributed by atoms with van der Waals surface area (Å²) in [4.78, 5) is 18.3. The van der Waals surface area contributed by atoms with Gasteiger partial charge in [-0.2, -0.15) is 0 Å². The number of aromatic nitrogens is 1. The lowest BCUT2D eigenvalue weighted by Crippen LogP contribution is -2.30. The van der Waals surface area contributed by atoms with Crippen molar-refractivity contribution in [1.29, 1.82) is 0 Å². The molecule has 1 aromatic heterocycles. The van der Waals surface area contributed by atoms with Gasteiger partial charge in [0.05, 0.1) is 12.2 Å². The summed E-state index contributed by atoms with van der Waals surface area (Å²) in [6.07, 6.45) is 3.08. The van der Waals surface area contributed by atoms with Gasteiger partial charge in [0.15, 0.2) is 0 Å². The topological polar surface area (TPSA) is 68.5 Å². The van der Waals surface area contributed by atoms with Crippen molar-refractivity contribution in [3.8, 4) is 0 Å². The van der Waals surface area contributed by atoms with Crippen molar-refractivity contribution >= 4 is 29.0 Å². The van der Waals surface area contributed by atoms with Crippen LogP contribution in [0, 0.1) is 0 Å². The minimum atomic E-state index is -0.286. The summed E-state index contributed by atoms with van der Waals surface area (Å²) in [5.41, 5.74) is 8.80. The van der Waals surface area contributed by atoms with E-state index in [-0.39, 0.29) is 12.5 Å². The average molecular weight is 293 g/mol. The molecule has 1 aromatic rings. The molecule has 0 aliphatic heterocycles. The lowest BCUT2D eigenvalue weighted by Gasteiger charge is -2.21. The Morgan fingerprint density at radius 3 is 2.95 bits per heavy atom. The number of fused-ring (bicyclic) bond motifs is 1. The number of ether oxygens (including phenoxy) is 1. The van der Waals surface area contributed by atoms with E-state index >= 15 is 0 Å². The molecule has 1 aliphatic carbocycles. The Balaban J connectivity index is 2.29. The van der Waals surface area contributed by atoms with Crippen molar-refractivity contribution in [1.82, 2.24) is 4.98 Å². The Hall–Kier alpha value is -1.69. The number of carbonyl (C=O) groups excluding carboxylic acids is 1. The van der Waals surface area contributed by atoms with E-state index in [1.54, 1.807) is 18.9 Å². The molecule has 6 heteroatoms. The van der Waals surface area contributed by atoms with Crippen LogP contribution in [0.25, 0.3) is 0 Å². The summed E-state index contributed by atoms with van der Waals surface area (Å²) < 4.78 is 4.95. The van der Waals surface area contributed by atoms with Crippen LogP contribution in [0.5, 0.6) is 0 Å². The molecule has 1 aliphatic rings. The molecule has 0 aromatic carbocycles. The van der Waals surface area contributed by atoms with Crippen LogP contribution >= 0.6 is 12.2 Å². The summed E-state index contributed by atoms with van der Waals surface area (Å²) in [6, 6.07) is 2.01. The van der Waals surface area contributed by atoms with Crippen LogP contribution in [-0.4, -0.2) is 36.1 Å². The largest absolute Gasteiger partial charge is 0.465 e. The van der Waals surface area contributed by atoms with E-state index in [0.717, 1.165) is 30.5 Å². The van der Waals surface area contributed by atoms with Gasteiger partial charge in [-0.1, -0.05) is 12.2 Å². The zero-order valence-corrected chi connectivity index (χ0v) is 12.6. The van der Waals surface area contributed by atoms with Crippen LogP contribution < -0.4 is 10.6 Å². The third-order valence-electron chi connectivity index (χ3n) is 3.33. The number of nitrogens with two attached hydrogens (primary N) is 1. The van der Waals surface area contributed by atoms with Crippen molar-refractivity contribution in [2.24, 2.45) is 5.73 Å². The molecular weight excluding hydrogens is 274 g/mol. The molecular formula is C14H19N3O2S. The quantitative estimate of drug-likeness (QED) is 0.650. The second-order valence-corrected chi connectivity index (χ2v) is 5.28. The first kappa shape index (κ1) is 14.7. The highest BCUT2D eigenvalue weighted by Crippen LogP contribution is 2.26. The molecule has 0 saturated heterocycles. The standard InChI is InChI=1S/C14H19N3O2S/c1-3-19-12(18)8-17(2)14-10(13(15)20)7-9-5-4-6-11(9)16-14/h7H,3-6,8H2,1-2H3,(H2,15,20).